The van der Waals surface area contributed by atoms with Crippen LogP contribution in [0.25, 0.3) is 17.0 Å². The number of fused-ring (bicyclic) bond motifs is 1. The van der Waals surface area contributed by atoms with Crippen LogP contribution in [0.3, 0.4) is 0 Å². The number of esters is 2. The normalized spacial score (nSPS) is 16.5. The van der Waals surface area contributed by atoms with Gasteiger partial charge in [-0.3, -0.25) is 19.3 Å². The molecule has 0 radical (unpaired) electrons. The van der Waals surface area contributed by atoms with Gasteiger partial charge in [0.15, 0.2) is 0 Å². The van der Waals surface area contributed by atoms with E-state index in [-0.39, 0.29) is 24.0 Å². The molecule has 1 aromatic heterocycles. The van der Waals surface area contributed by atoms with Gasteiger partial charge in [0, 0.05) is 22.7 Å². The molecule has 0 bridgehead atoms. The van der Waals surface area contributed by atoms with Crippen LogP contribution >= 0.6 is 11.8 Å². The smallest absolute Gasteiger partial charge is 0.328 e. The first-order valence-corrected chi connectivity index (χ1v) is 9.77. The molecule has 0 spiro atoms. The molecule has 8 nitrogen and oxygen atoms in total. The van der Waals surface area contributed by atoms with Crippen LogP contribution in [0.1, 0.15) is 19.4 Å². The van der Waals surface area contributed by atoms with Gasteiger partial charge in [-0.2, -0.15) is 0 Å². The fraction of sp³-hybridized carbons (Fsp3) is 0.300. The number of thioether (sulfide) groups is 1. The van der Waals surface area contributed by atoms with Crippen molar-refractivity contribution >= 4 is 51.8 Å². The van der Waals surface area contributed by atoms with Crippen LogP contribution in [-0.2, 0) is 30.4 Å². The quantitative estimate of drug-likeness (QED) is 0.528. The molecule has 0 saturated carbocycles. The first kappa shape index (κ1) is 20.7. The molecular weight excluding hydrogens is 396 g/mol. The highest BCUT2D eigenvalue weighted by Gasteiger charge is 2.41. The van der Waals surface area contributed by atoms with E-state index < -0.39 is 23.2 Å². The first-order chi connectivity index (χ1) is 13.9. The second kappa shape index (κ2) is 8.52. The van der Waals surface area contributed by atoms with Crippen LogP contribution in [0.4, 0.5) is 4.79 Å². The summed E-state index contributed by atoms with van der Waals surface area (Å²) in [5.74, 6) is -1.59. The topological polar surface area (TPSA) is 94.9 Å². The van der Waals surface area contributed by atoms with E-state index in [1.165, 1.54) is 14.0 Å². The Balaban J connectivity index is 1.96. The number of amides is 2. The molecule has 1 aromatic carbocycles. The summed E-state index contributed by atoms with van der Waals surface area (Å²) in [6.07, 6.45) is 3.33. The SMILES string of the molecule is CCOC(=O)Cn1cc(/C=C2/SC(=O)N([C@@H](C)C(=O)OC)C2=O)c2ccccc21. The molecule has 1 saturated heterocycles. The fourth-order valence-electron chi connectivity index (χ4n) is 3.10. The minimum atomic E-state index is -1.01. The van der Waals surface area contributed by atoms with Crippen molar-refractivity contribution in [2.24, 2.45) is 0 Å². The van der Waals surface area contributed by atoms with Crippen molar-refractivity contribution in [1.82, 2.24) is 9.47 Å². The van der Waals surface area contributed by atoms with Gasteiger partial charge >= 0.3 is 11.9 Å². The second-order valence-corrected chi connectivity index (χ2v) is 7.28. The predicted molar refractivity (Wildman–Crippen MR) is 108 cm³/mol. The lowest BCUT2D eigenvalue weighted by atomic mass is 10.1. The predicted octanol–water partition coefficient (Wildman–Crippen LogP) is 2.80. The Bertz CT molecular complexity index is 1030. The highest BCUT2D eigenvalue weighted by molar-refractivity contribution is 8.18. The minimum Gasteiger partial charge on any atom is -0.467 e. The van der Waals surface area contributed by atoms with Gasteiger partial charge in [-0.1, -0.05) is 18.2 Å². The molecule has 0 unspecified atom stereocenters. The molecule has 0 aliphatic carbocycles. The van der Waals surface area contributed by atoms with Gasteiger partial charge < -0.3 is 14.0 Å². The van der Waals surface area contributed by atoms with Crippen LogP contribution in [0.15, 0.2) is 35.4 Å². The average Bonchev–Trinajstić information content (AvgIpc) is 3.18. The van der Waals surface area contributed by atoms with E-state index in [2.05, 4.69) is 4.74 Å². The van der Waals surface area contributed by atoms with Crippen molar-refractivity contribution in [3.63, 3.8) is 0 Å². The molecule has 2 amide bonds. The van der Waals surface area contributed by atoms with Crippen molar-refractivity contribution in [2.45, 2.75) is 26.4 Å². The molecule has 9 heteroatoms. The van der Waals surface area contributed by atoms with Crippen LogP contribution in [0.5, 0.6) is 0 Å². The van der Waals surface area contributed by atoms with Crippen molar-refractivity contribution in [1.29, 1.82) is 0 Å². The van der Waals surface area contributed by atoms with E-state index in [0.717, 1.165) is 27.6 Å². The van der Waals surface area contributed by atoms with E-state index in [9.17, 15) is 19.2 Å². The number of aromatic nitrogens is 1. The number of imide groups is 1. The van der Waals surface area contributed by atoms with Crippen molar-refractivity contribution in [2.75, 3.05) is 13.7 Å². The zero-order valence-corrected chi connectivity index (χ0v) is 17.0. The summed E-state index contributed by atoms with van der Waals surface area (Å²) >= 11 is 0.763. The average molecular weight is 416 g/mol. The summed E-state index contributed by atoms with van der Waals surface area (Å²) < 4.78 is 11.4. The Hall–Kier alpha value is -3.07. The number of ether oxygens (including phenoxy) is 2. The lowest BCUT2D eigenvalue weighted by Gasteiger charge is -2.18. The zero-order chi connectivity index (χ0) is 21.1. The molecular formula is C20H20N2O6S. The molecule has 3 rings (SSSR count). The van der Waals surface area contributed by atoms with Crippen molar-refractivity contribution in [3.8, 4) is 0 Å². The molecule has 0 N–H and O–H groups in total. The molecule has 1 atom stereocenters. The van der Waals surface area contributed by atoms with Crippen LogP contribution < -0.4 is 0 Å². The number of hydrogen-bond donors (Lipinski definition) is 0. The van der Waals surface area contributed by atoms with Crippen LogP contribution in [0, 0.1) is 0 Å². The van der Waals surface area contributed by atoms with Gasteiger partial charge in [-0.15, -0.1) is 0 Å². The summed E-state index contributed by atoms with van der Waals surface area (Å²) in [6, 6.07) is 6.41. The Morgan fingerprint density at radius 1 is 1.24 bits per heavy atom. The first-order valence-electron chi connectivity index (χ1n) is 8.95. The van der Waals surface area contributed by atoms with E-state index in [1.54, 1.807) is 23.8 Å². The Labute approximate surface area is 171 Å². The number of nitrogens with zero attached hydrogens (tertiary/aromatic N) is 2. The van der Waals surface area contributed by atoms with E-state index in [4.69, 9.17) is 4.74 Å². The number of hydrogen-bond acceptors (Lipinski definition) is 7. The van der Waals surface area contributed by atoms with Gasteiger partial charge in [-0.05, 0) is 37.8 Å². The number of carbonyl (C=O) groups excluding carboxylic acids is 4. The summed E-state index contributed by atoms with van der Waals surface area (Å²) in [5, 5.41) is 0.291. The third kappa shape index (κ3) is 4.04. The summed E-state index contributed by atoms with van der Waals surface area (Å²) in [7, 11) is 1.20. The van der Waals surface area contributed by atoms with Gasteiger partial charge in [0.2, 0.25) is 0 Å². The Morgan fingerprint density at radius 3 is 2.66 bits per heavy atom. The number of benzene rings is 1. The third-order valence-corrected chi connectivity index (χ3v) is 5.35. The summed E-state index contributed by atoms with van der Waals surface area (Å²) in [5.41, 5.74) is 1.48. The van der Waals surface area contributed by atoms with E-state index >= 15 is 0 Å². The lowest BCUT2D eigenvalue weighted by molar-refractivity contribution is -0.148. The minimum absolute atomic E-state index is 0.0308. The van der Waals surface area contributed by atoms with Gasteiger partial charge in [0.25, 0.3) is 11.1 Å². The second-order valence-electron chi connectivity index (χ2n) is 6.29. The zero-order valence-electron chi connectivity index (χ0n) is 16.2. The summed E-state index contributed by atoms with van der Waals surface area (Å²) in [4.78, 5) is 49.7. The van der Waals surface area contributed by atoms with Crippen molar-refractivity contribution < 1.29 is 28.7 Å². The van der Waals surface area contributed by atoms with Gasteiger partial charge in [-0.25, -0.2) is 4.79 Å². The maximum Gasteiger partial charge on any atom is 0.328 e. The molecule has 1 aliphatic heterocycles. The fourth-order valence-corrected chi connectivity index (χ4v) is 4.00. The maximum atomic E-state index is 12.7. The van der Waals surface area contributed by atoms with Gasteiger partial charge in [0.05, 0.1) is 18.6 Å². The van der Waals surface area contributed by atoms with Crippen LogP contribution in [-0.4, -0.2) is 52.3 Å². The lowest BCUT2D eigenvalue weighted by Crippen LogP contribution is -2.42. The highest BCUT2D eigenvalue weighted by atomic mass is 32.2. The Kier molecular flexibility index (Phi) is 6.07. The molecule has 1 fully saturated rings. The van der Waals surface area contributed by atoms with E-state index in [0.29, 0.717) is 5.56 Å². The van der Waals surface area contributed by atoms with Gasteiger partial charge in [0.1, 0.15) is 12.6 Å². The van der Waals surface area contributed by atoms with E-state index in [1.807, 2.05) is 24.3 Å². The molecule has 2 heterocycles. The van der Waals surface area contributed by atoms with Crippen molar-refractivity contribution in [3.05, 3.63) is 40.9 Å². The highest BCUT2D eigenvalue weighted by Crippen LogP contribution is 2.35. The standard InChI is InChI=1S/C20H20N2O6S/c1-4-28-17(23)11-21-10-13(14-7-5-6-8-15(14)21)9-16-18(24)22(20(26)29-16)12(2)19(25)27-3/h5-10,12H,4,11H2,1-3H3/b16-9+/t12-/m0/s1. The molecule has 2 aromatic rings. The Morgan fingerprint density at radius 2 is 1.97 bits per heavy atom. The largest absolute Gasteiger partial charge is 0.467 e. The number of methoxy groups -OCH3 is 1. The number of rotatable bonds is 6. The van der Waals surface area contributed by atoms with Crippen LogP contribution in [0.2, 0.25) is 0 Å². The number of carbonyl (C=O) groups is 4. The maximum absolute atomic E-state index is 12.7. The molecule has 152 valence electrons. The molecule has 29 heavy (non-hydrogen) atoms. The third-order valence-electron chi connectivity index (χ3n) is 4.46. The molecule has 1 aliphatic rings. The monoisotopic (exact) mass is 416 g/mol. The number of para-hydroxylation sites is 1. The summed E-state index contributed by atoms with van der Waals surface area (Å²) in [6.45, 7) is 3.50.